The van der Waals surface area contributed by atoms with E-state index in [1.807, 2.05) is 6.07 Å². The summed E-state index contributed by atoms with van der Waals surface area (Å²) in [5, 5.41) is 0.945. The van der Waals surface area contributed by atoms with Gasteiger partial charge in [0.1, 0.15) is 10.3 Å². The summed E-state index contributed by atoms with van der Waals surface area (Å²) in [5.74, 6) is 0. The van der Waals surface area contributed by atoms with Crippen LogP contribution in [0.5, 0.6) is 0 Å². The van der Waals surface area contributed by atoms with Gasteiger partial charge in [-0.1, -0.05) is 0 Å². The minimum absolute atomic E-state index is 0.571. The first kappa shape index (κ1) is 7.49. The largest absolute Gasteiger partial charge is 0.346 e. The minimum Gasteiger partial charge on any atom is -0.346 e. The Bertz CT molecular complexity index is 436. The molecule has 0 saturated carbocycles. The molecule has 0 aliphatic heterocycles. The third kappa shape index (κ3) is 1.04. The van der Waals surface area contributed by atoms with Gasteiger partial charge in [-0.15, -0.1) is 0 Å². The molecule has 0 aliphatic rings. The average molecular weight is 225 g/mol. The van der Waals surface area contributed by atoms with Crippen LogP contribution in [0.3, 0.4) is 0 Å². The summed E-state index contributed by atoms with van der Waals surface area (Å²) >= 11 is 3.20. The lowest BCUT2D eigenvalue weighted by Crippen LogP contribution is -1.86. The highest BCUT2D eigenvalue weighted by molar-refractivity contribution is 9.10. The Morgan fingerprint density at radius 1 is 1.58 bits per heavy atom. The fourth-order valence-electron chi connectivity index (χ4n) is 1.06. The molecule has 12 heavy (non-hydrogen) atoms. The number of carbonyl (C=O) groups is 1. The van der Waals surface area contributed by atoms with Gasteiger partial charge in [0, 0.05) is 17.1 Å². The van der Waals surface area contributed by atoms with E-state index >= 15 is 0 Å². The standard InChI is InChI=1S/C8H5BrN2O/c9-7-6(4-12)3-5-1-2-10-8(5)11-7/h1-4H,(H,10,11). The molecule has 0 unspecified atom stereocenters. The Kier molecular flexibility index (Phi) is 1.69. The number of nitrogens with one attached hydrogen (secondary N) is 1. The van der Waals surface area contributed by atoms with Crippen molar-refractivity contribution < 1.29 is 4.79 Å². The van der Waals surface area contributed by atoms with Crippen molar-refractivity contribution in [2.75, 3.05) is 0 Å². The van der Waals surface area contributed by atoms with Crippen LogP contribution >= 0.6 is 15.9 Å². The van der Waals surface area contributed by atoms with E-state index in [1.165, 1.54) is 0 Å². The van der Waals surface area contributed by atoms with Gasteiger partial charge in [-0.3, -0.25) is 4.79 Å². The number of rotatable bonds is 1. The van der Waals surface area contributed by atoms with Crippen LogP contribution in [0, 0.1) is 0 Å². The molecule has 4 heteroatoms. The van der Waals surface area contributed by atoms with Crippen molar-refractivity contribution in [3.63, 3.8) is 0 Å². The lowest BCUT2D eigenvalue weighted by atomic mass is 10.2. The van der Waals surface area contributed by atoms with Crippen LogP contribution in [0.1, 0.15) is 10.4 Å². The predicted octanol–water partition coefficient (Wildman–Crippen LogP) is 2.14. The highest BCUT2D eigenvalue weighted by atomic mass is 79.9. The predicted molar refractivity (Wildman–Crippen MR) is 49.2 cm³/mol. The molecular formula is C8H5BrN2O. The fourth-order valence-corrected chi connectivity index (χ4v) is 1.44. The molecule has 0 radical (unpaired) electrons. The van der Waals surface area contributed by atoms with E-state index in [-0.39, 0.29) is 0 Å². The summed E-state index contributed by atoms with van der Waals surface area (Å²) in [6, 6.07) is 3.66. The summed E-state index contributed by atoms with van der Waals surface area (Å²) in [5.41, 5.74) is 1.36. The fraction of sp³-hybridized carbons (Fsp3) is 0. The van der Waals surface area contributed by atoms with Gasteiger partial charge in [0.15, 0.2) is 6.29 Å². The zero-order valence-electron chi connectivity index (χ0n) is 6.04. The average Bonchev–Trinajstić information content (AvgIpc) is 2.49. The molecule has 0 atom stereocenters. The Morgan fingerprint density at radius 3 is 3.17 bits per heavy atom. The van der Waals surface area contributed by atoms with E-state index in [1.54, 1.807) is 12.3 Å². The van der Waals surface area contributed by atoms with Crippen LogP contribution in [0.4, 0.5) is 0 Å². The van der Waals surface area contributed by atoms with Gasteiger partial charge < -0.3 is 4.98 Å². The molecule has 2 aromatic rings. The van der Waals surface area contributed by atoms with Crippen molar-refractivity contribution in [2.45, 2.75) is 0 Å². The zero-order valence-corrected chi connectivity index (χ0v) is 7.63. The second-order valence-corrected chi connectivity index (χ2v) is 3.15. The molecule has 60 valence electrons. The summed E-state index contributed by atoms with van der Waals surface area (Å²) in [7, 11) is 0. The molecule has 2 heterocycles. The van der Waals surface area contributed by atoms with Crippen LogP contribution in [-0.4, -0.2) is 16.3 Å². The minimum atomic E-state index is 0.571. The maximum atomic E-state index is 10.5. The smallest absolute Gasteiger partial charge is 0.152 e. The SMILES string of the molecule is O=Cc1cc2cc[nH]c2nc1Br. The first-order valence-corrected chi connectivity index (χ1v) is 4.19. The van der Waals surface area contributed by atoms with Gasteiger partial charge in [0.25, 0.3) is 0 Å². The number of halogens is 1. The Balaban J connectivity index is 2.81. The number of fused-ring (bicyclic) bond motifs is 1. The number of H-pyrrole nitrogens is 1. The molecule has 0 saturated heterocycles. The Labute approximate surface area is 76.9 Å². The second kappa shape index (κ2) is 2.71. The van der Waals surface area contributed by atoms with Crippen molar-refractivity contribution in [1.29, 1.82) is 0 Å². The molecule has 3 nitrogen and oxygen atoms in total. The van der Waals surface area contributed by atoms with E-state index in [2.05, 4.69) is 25.9 Å². The van der Waals surface area contributed by atoms with E-state index in [0.29, 0.717) is 10.2 Å². The van der Waals surface area contributed by atoms with Gasteiger partial charge in [-0.25, -0.2) is 4.98 Å². The Morgan fingerprint density at radius 2 is 2.42 bits per heavy atom. The molecule has 1 N–H and O–H groups in total. The van der Waals surface area contributed by atoms with Gasteiger partial charge in [-0.05, 0) is 28.1 Å². The number of hydrogen-bond acceptors (Lipinski definition) is 2. The third-order valence-electron chi connectivity index (χ3n) is 1.64. The van der Waals surface area contributed by atoms with Crippen LogP contribution in [-0.2, 0) is 0 Å². The van der Waals surface area contributed by atoms with Crippen LogP contribution in [0.15, 0.2) is 22.9 Å². The number of aromatic amines is 1. The van der Waals surface area contributed by atoms with Crippen molar-refractivity contribution >= 4 is 33.2 Å². The molecule has 0 aromatic carbocycles. The van der Waals surface area contributed by atoms with Crippen molar-refractivity contribution in [3.8, 4) is 0 Å². The molecular weight excluding hydrogens is 220 g/mol. The summed E-state index contributed by atoms with van der Waals surface area (Å²) < 4.78 is 0.576. The molecule has 0 bridgehead atoms. The van der Waals surface area contributed by atoms with E-state index < -0.39 is 0 Å². The number of aldehydes is 1. The maximum absolute atomic E-state index is 10.5. The van der Waals surface area contributed by atoms with E-state index in [0.717, 1.165) is 17.3 Å². The quantitative estimate of drug-likeness (QED) is 0.596. The lowest BCUT2D eigenvalue weighted by Gasteiger charge is -1.94. The van der Waals surface area contributed by atoms with Crippen LogP contribution in [0.25, 0.3) is 11.0 Å². The number of pyridine rings is 1. The van der Waals surface area contributed by atoms with Crippen LogP contribution in [0.2, 0.25) is 0 Å². The first-order valence-electron chi connectivity index (χ1n) is 3.40. The normalized spacial score (nSPS) is 10.4. The molecule has 0 spiro atoms. The number of aromatic nitrogens is 2. The molecule has 0 amide bonds. The highest BCUT2D eigenvalue weighted by Crippen LogP contribution is 2.18. The molecule has 0 aliphatic carbocycles. The van der Waals surface area contributed by atoms with Gasteiger partial charge >= 0.3 is 0 Å². The van der Waals surface area contributed by atoms with Crippen molar-refractivity contribution in [2.24, 2.45) is 0 Å². The lowest BCUT2D eigenvalue weighted by molar-refractivity contribution is 0.112. The number of carbonyl (C=O) groups excluding carboxylic acids is 1. The van der Waals surface area contributed by atoms with E-state index in [9.17, 15) is 4.79 Å². The van der Waals surface area contributed by atoms with Crippen LogP contribution < -0.4 is 0 Å². The summed E-state index contributed by atoms with van der Waals surface area (Å²) in [6.45, 7) is 0. The Hall–Kier alpha value is -1.16. The second-order valence-electron chi connectivity index (χ2n) is 2.40. The van der Waals surface area contributed by atoms with Crippen molar-refractivity contribution in [3.05, 3.63) is 28.5 Å². The first-order chi connectivity index (χ1) is 5.81. The summed E-state index contributed by atoms with van der Waals surface area (Å²) in [6.07, 6.45) is 2.57. The van der Waals surface area contributed by atoms with Gasteiger partial charge in [0.2, 0.25) is 0 Å². The third-order valence-corrected chi connectivity index (χ3v) is 2.28. The topological polar surface area (TPSA) is 45.8 Å². The number of hydrogen-bond donors (Lipinski definition) is 1. The van der Waals surface area contributed by atoms with E-state index in [4.69, 9.17) is 0 Å². The number of nitrogens with zero attached hydrogens (tertiary/aromatic N) is 1. The molecule has 2 rings (SSSR count). The van der Waals surface area contributed by atoms with Crippen molar-refractivity contribution in [1.82, 2.24) is 9.97 Å². The molecule has 2 aromatic heterocycles. The monoisotopic (exact) mass is 224 g/mol. The maximum Gasteiger partial charge on any atom is 0.152 e. The summed E-state index contributed by atoms with van der Waals surface area (Å²) in [4.78, 5) is 17.6. The van der Waals surface area contributed by atoms with Gasteiger partial charge in [0.05, 0.1) is 0 Å². The zero-order chi connectivity index (χ0) is 8.55. The highest BCUT2D eigenvalue weighted by Gasteiger charge is 2.02. The van der Waals surface area contributed by atoms with Gasteiger partial charge in [-0.2, -0.15) is 0 Å². The molecule has 0 fully saturated rings.